The Bertz CT molecular complexity index is 641. The van der Waals surface area contributed by atoms with Crippen molar-refractivity contribution in [2.45, 2.75) is 6.92 Å². The number of halogens is 3. The van der Waals surface area contributed by atoms with Crippen LogP contribution in [0.5, 0.6) is 0 Å². The first-order valence-corrected chi connectivity index (χ1v) is 6.64. The molecule has 1 amide bonds. The highest BCUT2D eigenvalue weighted by Gasteiger charge is 2.17. The molecule has 0 saturated carbocycles. The van der Waals surface area contributed by atoms with Gasteiger partial charge in [-0.1, -0.05) is 46.9 Å². The van der Waals surface area contributed by atoms with Gasteiger partial charge in [-0.05, 0) is 36.8 Å². The van der Waals surface area contributed by atoms with Crippen molar-refractivity contribution >= 4 is 46.4 Å². The molecule has 0 unspecified atom stereocenters. The molecule has 0 saturated heterocycles. The van der Waals surface area contributed by atoms with Crippen molar-refractivity contribution in [2.24, 2.45) is 0 Å². The molecule has 2 rings (SSSR count). The lowest BCUT2D eigenvalue weighted by Gasteiger charge is -2.10. The lowest BCUT2D eigenvalue weighted by Crippen LogP contribution is -2.13. The van der Waals surface area contributed by atoms with E-state index in [9.17, 15) is 4.79 Å². The van der Waals surface area contributed by atoms with E-state index in [1.807, 2.05) is 25.1 Å². The molecule has 5 heteroatoms. The third-order valence-electron chi connectivity index (χ3n) is 2.55. The van der Waals surface area contributed by atoms with E-state index in [0.717, 1.165) is 5.56 Å². The summed E-state index contributed by atoms with van der Waals surface area (Å²) in [5.74, 6) is -0.386. The molecule has 0 radical (unpaired) electrons. The Kier molecular flexibility index (Phi) is 4.35. The normalized spacial score (nSPS) is 10.3. The molecule has 2 nitrogen and oxygen atoms in total. The molecule has 0 atom stereocenters. The Labute approximate surface area is 126 Å². The van der Waals surface area contributed by atoms with Crippen molar-refractivity contribution in [3.05, 3.63) is 62.6 Å². The highest BCUT2D eigenvalue weighted by molar-refractivity contribution is 6.46. The van der Waals surface area contributed by atoms with Crippen molar-refractivity contribution in [3.8, 4) is 0 Å². The molecule has 2 aromatic carbocycles. The van der Waals surface area contributed by atoms with Crippen LogP contribution in [-0.4, -0.2) is 5.91 Å². The van der Waals surface area contributed by atoms with E-state index in [-0.39, 0.29) is 21.5 Å². The van der Waals surface area contributed by atoms with E-state index in [4.69, 9.17) is 34.8 Å². The molecule has 0 spiro atoms. The second-order valence-electron chi connectivity index (χ2n) is 4.04. The average molecular weight is 315 g/mol. The fraction of sp³-hybridized carbons (Fsp3) is 0.0714. The van der Waals surface area contributed by atoms with Crippen molar-refractivity contribution in [3.63, 3.8) is 0 Å². The molecule has 0 aliphatic rings. The number of aryl methyl sites for hydroxylation is 1. The monoisotopic (exact) mass is 313 g/mol. The van der Waals surface area contributed by atoms with Gasteiger partial charge in [0.25, 0.3) is 5.91 Å². The molecule has 1 N–H and O–H groups in total. The summed E-state index contributed by atoms with van der Waals surface area (Å²) in [6.45, 7) is 1.94. The Morgan fingerprint density at radius 3 is 2.42 bits per heavy atom. The number of carbonyl (C=O) groups excluding carboxylic acids is 1. The van der Waals surface area contributed by atoms with Gasteiger partial charge >= 0.3 is 0 Å². The van der Waals surface area contributed by atoms with Gasteiger partial charge in [-0.15, -0.1) is 0 Å². The molecule has 0 aliphatic carbocycles. The van der Waals surface area contributed by atoms with E-state index in [1.165, 1.54) is 0 Å². The second kappa shape index (κ2) is 5.83. The van der Waals surface area contributed by atoms with Gasteiger partial charge in [0.15, 0.2) is 0 Å². The predicted molar refractivity (Wildman–Crippen MR) is 80.6 cm³/mol. The van der Waals surface area contributed by atoms with Gasteiger partial charge in [-0.2, -0.15) is 0 Å². The summed E-state index contributed by atoms with van der Waals surface area (Å²) in [6, 6.07) is 10.5. The quantitative estimate of drug-likeness (QED) is 0.758. The third-order valence-corrected chi connectivity index (χ3v) is 3.67. The van der Waals surface area contributed by atoms with E-state index < -0.39 is 0 Å². The summed E-state index contributed by atoms with van der Waals surface area (Å²) in [6.07, 6.45) is 0. The lowest BCUT2D eigenvalue weighted by molar-refractivity contribution is 0.102. The molecule has 2 aromatic rings. The first-order valence-electron chi connectivity index (χ1n) is 5.50. The Hall–Kier alpha value is -1.22. The topological polar surface area (TPSA) is 29.1 Å². The molecule has 0 heterocycles. The molecular weight excluding hydrogens is 305 g/mol. The highest BCUT2D eigenvalue weighted by Crippen LogP contribution is 2.31. The number of hydrogen-bond donors (Lipinski definition) is 1. The zero-order valence-corrected chi connectivity index (χ0v) is 12.3. The van der Waals surface area contributed by atoms with Gasteiger partial charge < -0.3 is 5.32 Å². The zero-order valence-electron chi connectivity index (χ0n) is 10.0. The SMILES string of the molecule is Cc1cccc(NC(=O)c2c(Cl)ccc(Cl)c2Cl)c1. The molecule has 0 aliphatic heterocycles. The van der Waals surface area contributed by atoms with Gasteiger partial charge in [0, 0.05) is 5.69 Å². The van der Waals surface area contributed by atoms with Gasteiger partial charge in [-0.25, -0.2) is 0 Å². The molecule has 0 bridgehead atoms. The second-order valence-corrected chi connectivity index (χ2v) is 5.23. The van der Waals surface area contributed by atoms with Crippen LogP contribution in [0, 0.1) is 6.92 Å². The first-order chi connectivity index (χ1) is 8.99. The van der Waals surface area contributed by atoms with Crippen LogP contribution in [0.15, 0.2) is 36.4 Å². The molecular formula is C14H10Cl3NO. The minimum Gasteiger partial charge on any atom is -0.322 e. The van der Waals surface area contributed by atoms with Crippen LogP contribution in [0.25, 0.3) is 0 Å². The van der Waals surface area contributed by atoms with Gasteiger partial charge in [0.1, 0.15) is 0 Å². The summed E-state index contributed by atoms with van der Waals surface area (Å²) in [7, 11) is 0. The first kappa shape index (κ1) is 14.2. The number of amides is 1. The maximum absolute atomic E-state index is 12.2. The fourth-order valence-corrected chi connectivity index (χ4v) is 2.35. The van der Waals surface area contributed by atoms with Crippen LogP contribution in [0.2, 0.25) is 15.1 Å². The van der Waals surface area contributed by atoms with E-state index in [0.29, 0.717) is 10.7 Å². The summed E-state index contributed by atoms with van der Waals surface area (Å²) < 4.78 is 0. The zero-order chi connectivity index (χ0) is 14.0. The standard InChI is InChI=1S/C14H10Cl3NO/c1-8-3-2-4-9(7-8)18-14(19)12-10(15)5-6-11(16)13(12)17/h2-7H,1H3,(H,18,19). The van der Waals surface area contributed by atoms with Crippen LogP contribution in [0.4, 0.5) is 5.69 Å². The van der Waals surface area contributed by atoms with Crippen molar-refractivity contribution in [1.29, 1.82) is 0 Å². The maximum atomic E-state index is 12.2. The van der Waals surface area contributed by atoms with Crippen LogP contribution in [-0.2, 0) is 0 Å². The molecule has 98 valence electrons. The van der Waals surface area contributed by atoms with Crippen molar-refractivity contribution < 1.29 is 4.79 Å². The Balaban J connectivity index is 2.33. The minimum absolute atomic E-state index is 0.152. The van der Waals surface area contributed by atoms with E-state index in [1.54, 1.807) is 18.2 Å². The number of benzene rings is 2. The molecule has 0 aromatic heterocycles. The predicted octanol–water partition coefficient (Wildman–Crippen LogP) is 5.21. The number of carbonyl (C=O) groups is 1. The molecule has 19 heavy (non-hydrogen) atoms. The van der Waals surface area contributed by atoms with Crippen molar-refractivity contribution in [1.82, 2.24) is 0 Å². The smallest absolute Gasteiger partial charge is 0.258 e. The van der Waals surface area contributed by atoms with Crippen LogP contribution in [0.3, 0.4) is 0 Å². The summed E-state index contributed by atoms with van der Waals surface area (Å²) in [5.41, 5.74) is 1.90. The van der Waals surface area contributed by atoms with Crippen LogP contribution >= 0.6 is 34.8 Å². The number of nitrogens with one attached hydrogen (secondary N) is 1. The summed E-state index contributed by atoms with van der Waals surface area (Å²) in [4.78, 5) is 12.2. The van der Waals surface area contributed by atoms with Crippen LogP contribution in [0.1, 0.15) is 15.9 Å². The van der Waals surface area contributed by atoms with Gasteiger partial charge in [0.05, 0.1) is 20.6 Å². The number of anilines is 1. The van der Waals surface area contributed by atoms with Crippen LogP contribution < -0.4 is 5.32 Å². The van der Waals surface area contributed by atoms with Gasteiger partial charge in [-0.3, -0.25) is 4.79 Å². The fourth-order valence-electron chi connectivity index (χ4n) is 1.65. The lowest BCUT2D eigenvalue weighted by atomic mass is 10.2. The largest absolute Gasteiger partial charge is 0.322 e. The number of hydrogen-bond acceptors (Lipinski definition) is 1. The third kappa shape index (κ3) is 3.21. The Morgan fingerprint density at radius 1 is 1.05 bits per heavy atom. The van der Waals surface area contributed by atoms with Gasteiger partial charge in [0.2, 0.25) is 0 Å². The number of rotatable bonds is 2. The average Bonchev–Trinajstić information content (AvgIpc) is 2.34. The summed E-state index contributed by atoms with van der Waals surface area (Å²) >= 11 is 17.9. The summed E-state index contributed by atoms with van der Waals surface area (Å²) in [5, 5.41) is 3.45. The minimum atomic E-state index is -0.386. The Morgan fingerprint density at radius 2 is 1.74 bits per heavy atom. The van der Waals surface area contributed by atoms with Crippen molar-refractivity contribution in [2.75, 3.05) is 5.32 Å². The van der Waals surface area contributed by atoms with E-state index >= 15 is 0 Å². The van der Waals surface area contributed by atoms with E-state index in [2.05, 4.69) is 5.32 Å². The maximum Gasteiger partial charge on any atom is 0.258 e. The molecule has 0 fully saturated rings. The highest BCUT2D eigenvalue weighted by atomic mass is 35.5.